The summed E-state index contributed by atoms with van der Waals surface area (Å²) in [7, 11) is 2.15. The van der Waals surface area contributed by atoms with Crippen molar-refractivity contribution in [2.75, 3.05) is 38.2 Å². The molecule has 0 aliphatic carbocycles. The first kappa shape index (κ1) is 10.9. The molecule has 2 fully saturated rings. The third-order valence-corrected chi connectivity index (χ3v) is 4.07. The van der Waals surface area contributed by atoms with Gasteiger partial charge in [-0.25, -0.2) is 9.97 Å². The van der Waals surface area contributed by atoms with Gasteiger partial charge in [-0.1, -0.05) is 0 Å². The lowest BCUT2D eigenvalue weighted by atomic mass is 9.85. The highest BCUT2D eigenvalue weighted by Crippen LogP contribution is 2.40. The Bertz CT molecular complexity index is 391. The average Bonchev–Trinajstić information content (AvgIpc) is 2.66. The van der Waals surface area contributed by atoms with Crippen LogP contribution in [0.5, 0.6) is 0 Å². The van der Waals surface area contributed by atoms with E-state index < -0.39 is 0 Å². The van der Waals surface area contributed by atoms with Crippen LogP contribution in [-0.4, -0.2) is 58.8 Å². The number of aliphatic hydroxyl groups is 1. The zero-order chi connectivity index (χ0) is 11.9. The Morgan fingerprint density at radius 1 is 1.41 bits per heavy atom. The van der Waals surface area contributed by atoms with Crippen molar-refractivity contribution in [3.63, 3.8) is 0 Å². The van der Waals surface area contributed by atoms with Gasteiger partial charge in [0.15, 0.2) is 0 Å². The Morgan fingerprint density at radius 3 is 2.71 bits per heavy atom. The standard InChI is InChI=1S/C12H18N4O/c1-15-6-10(7-17)5-12(15)8-16(9-12)11-13-3-2-4-14-11/h2-4,10,17H,5-9H2,1H3/t10-/m1/s1. The Balaban J connectivity index is 1.68. The van der Waals surface area contributed by atoms with Crippen LogP contribution < -0.4 is 4.90 Å². The van der Waals surface area contributed by atoms with Gasteiger partial charge in [0.1, 0.15) is 0 Å². The Kier molecular flexibility index (Phi) is 2.52. The summed E-state index contributed by atoms with van der Waals surface area (Å²) in [6, 6.07) is 1.84. The van der Waals surface area contributed by atoms with Crippen LogP contribution in [0, 0.1) is 5.92 Å². The molecular weight excluding hydrogens is 216 g/mol. The summed E-state index contributed by atoms with van der Waals surface area (Å²) in [4.78, 5) is 13.1. The molecule has 5 heteroatoms. The largest absolute Gasteiger partial charge is 0.396 e. The van der Waals surface area contributed by atoms with Crippen molar-refractivity contribution in [2.45, 2.75) is 12.0 Å². The lowest BCUT2D eigenvalue weighted by molar-refractivity contribution is 0.131. The number of likely N-dealkylation sites (N-methyl/N-ethyl adjacent to an activating group) is 1. The maximum absolute atomic E-state index is 9.25. The molecular formula is C12H18N4O. The zero-order valence-corrected chi connectivity index (χ0v) is 10.1. The first-order chi connectivity index (χ1) is 8.23. The molecule has 0 bridgehead atoms. The molecule has 17 heavy (non-hydrogen) atoms. The molecule has 1 aromatic heterocycles. The van der Waals surface area contributed by atoms with E-state index in [4.69, 9.17) is 0 Å². The summed E-state index contributed by atoms with van der Waals surface area (Å²) in [6.07, 6.45) is 4.65. The van der Waals surface area contributed by atoms with Crippen molar-refractivity contribution < 1.29 is 5.11 Å². The van der Waals surface area contributed by atoms with Crippen molar-refractivity contribution in [1.29, 1.82) is 0 Å². The minimum absolute atomic E-state index is 0.243. The van der Waals surface area contributed by atoms with Crippen LogP contribution in [0.25, 0.3) is 0 Å². The molecule has 1 N–H and O–H groups in total. The SMILES string of the molecule is CN1C[C@H](CO)CC12CN(c1ncccn1)C2. The monoisotopic (exact) mass is 234 g/mol. The number of hydrogen-bond donors (Lipinski definition) is 1. The molecule has 0 radical (unpaired) electrons. The van der Waals surface area contributed by atoms with Crippen LogP contribution in [0.3, 0.4) is 0 Å². The van der Waals surface area contributed by atoms with E-state index in [-0.39, 0.29) is 5.54 Å². The van der Waals surface area contributed by atoms with Crippen LogP contribution in [0.15, 0.2) is 18.5 Å². The summed E-state index contributed by atoms with van der Waals surface area (Å²) in [5, 5.41) is 9.25. The molecule has 1 aromatic rings. The number of likely N-dealkylation sites (tertiary alicyclic amines) is 1. The quantitative estimate of drug-likeness (QED) is 0.779. The summed E-state index contributed by atoms with van der Waals surface area (Å²) < 4.78 is 0. The van der Waals surface area contributed by atoms with Gasteiger partial charge in [-0.15, -0.1) is 0 Å². The van der Waals surface area contributed by atoms with E-state index >= 15 is 0 Å². The van der Waals surface area contributed by atoms with Crippen molar-refractivity contribution in [3.05, 3.63) is 18.5 Å². The van der Waals surface area contributed by atoms with Crippen molar-refractivity contribution in [3.8, 4) is 0 Å². The predicted molar refractivity (Wildman–Crippen MR) is 64.8 cm³/mol. The van der Waals surface area contributed by atoms with Gasteiger partial charge in [0.25, 0.3) is 0 Å². The lowest BCUT2D eigenvalue weighted by Crippen LogP contribution is -2.67. The highest BCUT2D eigenvalue weighted by molar-refractivity contribution is 5.38. The fourth-order valence-corrected chi connectivity index (χ4v) is 3.09. The second-order valence-corrected chi connectivity index (χ2v) is 5.26. The van der Waals surface area contributed by atoms with Gasteiger partial charge < -0.3 is 10.0 Å². The molecule has 2 aliphatic heterocycles. The van der Waals surface area contributed by atoms with E-state index in [1.54, 1.807) is 12.4 Å². The molecule has 2 saturated heterocycles. The first-order valence-corrected chi connectivity index (χ1v) is 6.08. The number of aliphatic hydroxyl groups excluding tert-OH is 1. The molecule has 0 amide bonds. The molecule has 1 spiro atoms. The zero-order valence-electron chi connectivity index (χ0n) is 10.1. The number of rotatable bonds is 2. The van der Waals surface area contributed by atoms with E-state index in [2.05, 4.69) is 26.8 Å². The molecule has 2 aliphatic rings. The fraction of sp³-hybridized carbons (Fsp3) is 0.667. The third-order valence-electron chi connectivity index (χ3n) is 4.07. The van der Waals surface area contributed by atoms with Crippen LogP contribution in [-0.2, 0) is 0 Å². The molecule has 5 nitrogen and oxygen atoms in total. The number of anilines is 1. The fourth-order valence-electron chi connectivity index (χ4n) is 3.09. The van der Waals surface area contributed by atoms with E-state index in [0.717, 1.165) is 32.0 Å². The number of aromatic nitrogens is 2. The molecule has 3 rings (SSSR count). The summed E-state index contributed by atoms with van der Waals surface area (Å²) in [5.74, 6) is 1.25. The van der Waals surface area contributed by atoms with Crippen LogP contribution in [0.2, 0.25) is 0 Å². The molecule has 92 valence electrons. The van der Waals surface area contributed by atoms with Crippen molar-refractivity contribution in [2.24, 2.45) is 5.92 Å². The molecule has 1 atom stereocenters. The van der Waals surface area contributed by atoms with E-state index in [0.29, 0.717) is 12.5 Å². The second kappa shape index (κ2) is 3.92. The summed E-state index contributed by atoms with van der Waals surface area (Å²) in [6.45, 7) is 3.25. The van der Waals surface area contributed by atoms with Gasteiger partial charge in [-0.2, -0.15) is 0 Å². The van der Waals surface area contributed by atoms with E-state index in [1.807, 2.05) is 6.07 Å². The summed E-state index contributed by atoms with van der Waals surface area (Å²) in [5.41, 5.74) is 0.243. The molecule has 0 aromatic carbocycles. The van der Waals surface area contributed by atoms with Crippen LogP contribution in [0.4, 0.5) is 5.95 Å². The Hall–Kier alpha value is -1.20. The van der Waals surface area contributed by atoms with Crippen LogP contribution in [0.1, 0.15) is 6.42 Å². The third kappa shape index (κ3) is 1.70. The minimum Gasteiger partial charge on any atom is -0.396 e. The highest BCUT2D eigenvalue weighted by atomic mass is 16.3. The maximum atomic E-state index is 9.25. The van der Waals surface area contributed by atoms with Gasteiger partial charge in [-0.3, -0.25) is 4.90 Å². The molecule has 3 heterocycles. The first-order valence-electron chi connectivity index (χ1n) is 6.08. The summed E-state index contributed by atoms with van der Waals surface area (Å²) >= 11 is 0. The Labute approximate surface area is 101 Å². The number of nitrogens with zero attached hydrogens (tertiary/aromatic N) is 4. The molecule has 0 unspecified atom stereocenters. The smallest absolute Gasteiger partial charge is 0.225 e. The number of hydrogen-bond acceptors (Lipinski definition) is 5. The van der Waals surface area contributed by atoms with Crippen molar-refractivity contribution >= 4 is 5.95 Å². The highest BCUT2D eigenvalue weighted by Gasteiger charge is 2.52. The topological polar surface area (TPSA) is 52.5 Å². The van der Waals surface area contributed by atoms with E-state index in [9.17, 15) is 5.11 Å². The van der Waals surface area contributed by atoms with Gasteiger partial charge in [-0.05, 0) is 25.5 Å². The Morgan fingerprint density at radius 2 is 2.12 bits per heavy atom. The lowest BCUT2D eigenvalue weighted by Gasteiger charge is -2.51. The van der Waals surface area contributed by atoms with Crippen LogP contribution >= 0.6 is 0 Å². The maximum Gasteiger partial charge on any atom is 0.225 e. The van der Waals surface area contributed by atoms with Gasteiger partial charge in [0, 0.05) is 38.6 Å². The van der Waals surface area contributed by atoms with Gasteiger partial charge in [0.05, 0.1) is 5.54 Å². The van der Waals surface area contributed by atoms with E-state index in [1.165, 1.54) is 0 Å². The van der Waals surface area contributed by atoms with Gasteiger partial charge >= 0.3 is 0 Å². The normalized spacial score (nSPS) is 27.4. The minimum atomic E-state index is 0.243. The predicted octanol–water partition coefficient (Wildman–Crippen LogP) is -0.0206. The second-order valence-electron chi connectivity index (χ2n) is 5.26. The average molecular weight is 234 g/mol. The van der Waals surface area contributed by atoms with Gasteiger partial charge in [0.2, 0.25) is 5.95 Å². The van der Waals surface area contributed by atoms with Crippen molar-refractivity contribution in [1.82, 2.24) is 14.9 Å². The molecule has 0 saturated carbocycles.